The molecule has 3 heteroatoms. The van der Waals surface area contributed by atoms with E-state index in [1.165, 1.54) is 21.5 Å². The normalized spacial score (nSPS) is 17.2. The Morgan fingerprint density at radius 3 is 2.41 bits per heavy atom. The first kappa shape index (κ1) is 13.4. The fourth-order valence-corrected chi connectivity index (χ4v) is 2.94. The van der Waals surface area contributed by atoms with E-state index in [1.807, 2.05) is 13.8 Å². The second-order valence-electron chi connectivity index (χ2n) is 6.27. The molecule has 0 N–H and O–H groups in total. The molecule has 1 aliphatic heterocycles. The zero-order valence-electron chi connectivity index (χ0n) is 12.8. The largest absolute Gasteiger partial charge is 0.563 e. The van der Waals surface area contributed by atoms with E-state index in [0.717, 1.165) is 5.46 Å². The number of hydrogen-bond donors (Lipinski definition) is 0. The van der Waals surface area contributed by atoms with Gasteiger partial charge in [-0.1, -0.05) is 61.2 Å². The Balaban J connectivity index is 1.82. The Morgan fingerprint density at radius 2 is 1.64 bits per heavy atom. The van der Waals surface area contributed by atoms with Crippen molar-refractivity contribution in [2.45, 2.75) is 19.4 Å². The van der Waals surface area contributed by atoms with Crippen molar-refractivity contribution in [2.24, 2.45) is 0 Å². The van der Waals surface area contributed by atoms with E-state index in [1.54, 1.807) is 0 Å². The van der Waals surface area contributed by atoms with E-state index in [9.17, 15) is 0 Å². The van der Waals surface area contributed by atoms with Crippen LogP contribution in [-0.2, 0) is 9.31 Å². The van der Waals surface area contributed by atoms with E-state index in [4.69, 9.17) is 9.31 Å². The lowest BCUT2D eigenvalue weighted by Crippen LogP contribution is -2.34. The molecule has 0 unspecified atom stereocenters. The van der Waals surface area contributed by atoms with Crippen LogP contribution in [0, 0.1) is 0 Å². The first-order chi connectivity index (χ1) is 10.5. The molecule has 0 radical (unpaired) electrons. The third kappa shape index (κ3) is 2.01. The molecule has 1 fully saturated rings. The summed E-state index contributed by atoms with van der Waals surface area (Å²) in [4.78, 5) is 0. The van der Waals surface area contributed by atoms with Gasteiger partial charge in [-0.15, -0.1) is 0 Å². The molecule has 0 amide bonds. The molecule has 3 aromatic rings. The van der Waals surface area contributed by atoms with Crippen molar-refractivity contribution < 1.29 is 9.31 Å². The van der Waals surface area contributed by atoms with Crippen LogP contribution in [0.3, 0.4) is 0 Å². The van der Waals surface area contributed by atoms with Gasteiger partial charge < -0.3 is 9.31 Å². The van der Waals surface area contributed by atoms with Crippen LogP contribution in [0.2, 0.25) is 0 Å². The average molecular weight is 288 g/mol. The van der Waals surface area contributed by atoms with Crippen LogP contribution < -0.4 is 5.46 Å². The zero-order valence-corrected chi connectivity index (χ0v) is 12.8. The highest BCUT2D eigenvalue weighted by atomic mass is 16.7. The summed E-state index contributed by atoms with van der Waals surface area (Å²) in [5.41, 5.74) is 0.581. The summed E-state index contributed by atoms with van der Waals surface area (Å²) in [6.45, 7) is 7.89. The van der Waals surface area contributed by atoms with Crippen molar-refractivity contribution in [3.05, 3.63) is 66.9 Å². The third-order valence-corrected chi connectivity index (χ3v) is 4.36. The first-order valence-electron chi connectivity index (χ1n) is 7.50. The van der Waals surface area contributed by atoms with Crippen molar-refractivity contribution in [3.8, 4) is 0 Å². The fraction of sp³-hybridized carbons (Fsp3) is 0.158. The molecule has 22 heavy (non-hydrogen) atoms. The quantitative estimate of drug-likeness (QED) is 0.497. The standard InChI is InChI=1S/C19H17BO2/c1-13-19(2,3)22-20(21-13)16-10-11-18-15(12-16)9-8-14-6-4-5-7-17(14)18/h4-12H,1H2,2-3H3. The van der Waals surface area contributed by atoms with Gasteiger partial charge in [0.05, 0.1) is 5.76 Å². The highest BCUT2D eigenvalue weighted by molar-refractivity contribution is 6.62. The molecule has 3 aromatic carbocycles. The van der Waals surface area contributed by atoms with E-state index in [2.05, 4.69) is 61.2 Å². The smallest absolute Gasteiger partial charge is 0.534 e. The first-order valence-corrected chi connectivity index (χ1v) is 7.50. The minimum absolute atomic E-state index is 0.377. The Hall–Kier alpha value is -2.26. The predicted molar refractivity (Wildman–Crippen MR) is 92.2 cm³/mol. The third-order valence-electron chi connectivity index (χ3n) is 4.36. The lowest BCUT2D eigenvalue weighted by Gasteiger charge is -2.15. The summed E-state index contributed by atoms with van der Waals surface area (Å²) >= 11 is 0. The van der Waals surface area contributed by atoms with Gasteiger partial charge in [-0.25, -0.2) is 0 Å². The van der Waals surface area contributed by atoms with Crippen molar-refractivity contribution in [3.63, 3.8) is 0 Å². The van der Waals surface area contributed by atoms with Gasteiger partial charge in [-0.05, 0) is 40.9 Å². The number of hydrogen-bond acceptors (Lipinski definition) is 2. The predicted octanol–water partition coefficient (Wildman–Crippen LogP) is 4.03. The minimum atomic E-state index is -0.441. The molecule has 0 aliphatic carbocycles. The van der Waals surface area contributed by atoms with Gasteiger partial charge in [-0.3, -0.25) is 0 Å². The monoisotopic (exact) mass is 288 g/mol. The van der Waals surface area contributed by atoms with E-state index in [-0.39, 0.29) is 7.12 Å². The Labute approximate surface area is 130 Å². The number of fused-ring (bicyclic) bond motifs is 3. The van der Waals surface area contributed by atoms with Crippen LogP contribution in [0.5, 0.6) is 0 Å². The molecule has 0 saturated carbocycles. The van der Waals surface area contributed by atoms with Crippen molar-refractivity contribution >= 4 is 34.1 Å². The summed E-state index contributed by atoms with van der Waals surface area (Å²) in [7, 11) is -0.377. The van der Waals surface area contributed by atoms with Gasteiger partial charge in [0.25, 0.3) is 0 Å². The molecule has 0 atom stereocenters. The van der Waals surface area contributed by atoms with Crippen LogP contribution in [0.25, 0.3) is 21.5 Å². The van der Waals surface area contributed by atoms with Crippen LogP contribution >= 0.6 is 0 Å². The van der Waals surface area contributed by atoms with Gasteiger partial charge in [-0.2, -0.15) is 0 Å². The molecular formula is C19H17BO2. The Morgan fingerprint density at radius 1 is 0.909 bits per heavy atom. The summed E-state index contributed by atoms with van der Waals surface area (Å²) in [6.07, 6.45) is 0. The summed E-state index contributed by atoms with van der Waals surface area (Å²) < 4.78 is 11.7. The van der Waals surface area contributed by atoms with E-state index >= 15 is 0 Å². The molecule has 0 aromatic heterocycles. The lowest BCUT2D eigenvalue weighted by atomic mass is 9.78. The highest BCUT2D eigenvalue weighted by Crippen LogP contribution is 2.30. The van der Waals surface area contributed by atoms with Crippen molar-refractivity contribution in [2.75, 3.05) is 0 Å². The summed E-state index contributed by atoms with van der Waals surface area (Å²) in [6, 6.07) is 19.1. The van der Waals surface area contributed by atoms with E-state index < -0.39 is 5.60 Å². The summed E-state index contributed by atoms with van der Waals surface area (Å²) in [5.74, 6) is 0.677. The minimum Gasteiger partial charge on any atom is -0.534 e. The van der Waals surface area contributed by atoms with Crippen molar-refractivity contribution in [1.82, 2.24) is 0 Å². The molecule has 0 bridgehead atoms. The maximum absolute atomic E-state index is 5.96. The Kier molecular flexibility index (Phi) is 2.82. The van der Waals surface area contributed by atoms with E-state index in [0.29, 0.717) is 5.76 Å². The number of benzene rings is 3. The maximum Gasteiger partial charge on any atom is 0.563 e. The Bertz CT molecular complexity index is 898. The molecule has 108 valence electrons. The van der Waals surface area contributed by atoms with Crippen LogP contribution in [-0.4, -0.2) is 12.7 Å². The molecule has 1 aliphatic rings. The maximum atomic E-state index is 5.96. The summed E-state index contributed by atoms with van der Waals surface area (Å²) in [5, 5.41) is 4.96. The van der Waals surface area contributed by atoms with Gasteiger partial charge >= 0.3 is 7.12 Å². The second-order valence-corrected chi connectivity index (χ2v) is 6.27. The van der Waals surface area contributed by atoms with Gasteiger partial charge in [0.1, 0.15) is 5.60 Å². The van der Waals surface area contributed by atoms with Gasteiger partial charge in [0.2, 0.25) is 0 Å². The molecule has 2 nitrogen and oxygen atoms in total. The second kappa shape index (κ2) is 4.62. The highest BCUT2D eigenvalue weighted by Gasteiger charge is 2.42. The molecule has 1 heterocycles. The van der Waals surface area contributed by atoms with Crippen LogP contribution in [0.1, 0.15) is 13.8 Å². The molecule has 1 saturated heterocycles. The molecule has 4 rings (SSSR count). The van der Waals surface area contributed by atoms with Gasteiger partial charge in [0, 0.05) is 0 Å². The fourth-order valence-electron chi connectivity index (χ4n) is 2.94. The molecular weight excluding hydrogens is 271 g/mol. The SMILES string of the molecule is C=C1OB(c2ccc3c(ccc4ccccc43)c2)OC1(C)C. The van der Waals surface area contributed by atoms with Gasteiger partial charge in [0.15, 0.2) is 0 Å². The van der Waals surface area contributed by atoms with Crippen LogP contribution in [0.15, 0.2) is 66.9 Å². The van der Waals surface area contributed by atoms with Crippen LogP contribution in [0.4, 0.5) is 0 Å². The zero-order chi connectivity index (χ0) is 15.3. The average Bonchev–Trinajstić information content (AvgIpc) is 2.80. The topological polar surface area (TPSA) is 18.5 Å². The lowest BCUT2D eigenvalue weighted by molar-refractivity contribution is 0.173. The number of rotatable bonds is 1. The van der Waals surface area contributed by atoms with Crippen molar-refractivity contribution in [1.29, 1.82) is 0 Å². The molecule has 0 spiro atoms.